The maximum atomic E-state index is 12.1. The average molecular weight is 302 g/mol. The molecule has 1 atom stereocenters. The van der Waals surface area contributed by atoms with E-state index in [4.69, 9.17) is 5.73 Å². The van der Waals surface area contributed by atoms with Crippen molar-refractivity contribution in [1.29, 1.82) is 0 Å². The number of hydrogen-bond acceptors (Lipinski definition) is 3. The number of nitrogens with zero attached hydrogens (tertiary/aromatic N) is 1. The molecule has 0 aromatic heterocycles. The molecule has 1 heterocycles. The molecule has 1 saturated heterocycles. The first kappa shape index (κ1) is 16.1. The molecule has 1 aliphatic heterocycles. The third-order valence-electron chi connectivity index (χ3n) is 3.74. The maximum Gasteiger partial charge on any atom is 0.573 e. The molecule has 118 valence electrons. The Labute approximate surface area is 122 Å². The zero-order valence-corrected chi connectivity index (χ0v) is 11.9. The van der Waals surface area contributed by atoms with E-state index in [0.29, 0.717) is 12.5 Å². The quantitative estimate of drug-likeness (QED) is 0.908. The van der Waals surface area contributed by atoms with Crippen LogP contribution in [-0.2, 0) is 6.54 Å². The Morgan fingerprint density at radius 2 is 1.95 bits per heavy atom. The molecule has 0 radical (unpaired) electrons. The molecule has 0 bridgehead atoms. The lowest BCUT2D eigenvalue weighted by Crippen LogP contribution is -2.35. The molecule has 0 amide bonds. The van der Waals surface area contributed by atoms with Gasteiger partial charge in [-0.15, -0.1) is 13.2 Å². The third-order valence-corrected chi connectivity index (χ3v) is 3.74. The summed E-state index contributed by atoms with van der Waals surface area (Å²) in [6.07, 6.45) is -1.23. The van der Waals surface area contributed by atoms with Crippen molar-refractivity contribution in [3.8, 4) is 5.75 Å². The molecule has 1 unspecified atom stereocenters. The maximum absolute atomic E-state index is 12.1. The molecule has 6 heteroatoms. The average Bonchev–Trinajstić information content (AvgIpc) is 2.40. The van der Waals surface area contributed by atoms with E-state index in [-0.39, 0.29) is 5.75 Å². The van der Waals surface area contributed by atoms with E-state index in [9.17, 15) is 13.2 Å². The second-order valence-electron chi connectivity index (χ2n) is 5.51. The first-order valence-corrected chi connectivity index (χ1v) is 7.23. The highest BCUT2D eigenvalue weighted by Crippen LogP contribution is 2.24. The molecular formula is C15H21F3N2O. The van der Waals surface area contributed by atoms with Crippen LogP contribution in [0.3, 0.4) is 0 Å². The van der Waals surface area contributed by atoms with Gasteiger partial charge in [0.1, 0.15) is 5.75 Å². The molecule has 3 nitrogen and oxygen atoms in total. The summed E-state index contributed by atoms with van der Waals surface area (Å²) in [4.78, 5) is 2.34. The van der Waals surface area contributed by atoms with Crippen molar-refractivity contribution in [2.75, 3.05) is 19.6 Å². The van der Waals surface area contributed by atoms with Gasteiger partial charge in [0.2, 0.25) is 0 Å². The van der Waals surface area contributed by atoms with Crippen molar-refractivity contribution in [3.05, 3.63) is 29.8 Å². The van der Waals surface area contributed by atoms with Crippen LogP contribution in [0, 0.1) is 5.92 Å². The first-order chi connectivity index (χ1) is 9.96. The number of alkyl halides is 3. The van der Waals surface area contributed by atoms with Gasteiger partial charge in [-0.05, 0) is 56.0 Å². The predicted octanol–water partition coefficient (Wildman–Crippen LogP) is 3.15. The lowest BCUT2D eigenvalue weighted by atomic mass is 9.94. The number of benzene rings is 1. The summed E-state index contributed by atoms with van der Waals surface area (Å²) in [5.41, 5.74) is 6.60. The topological polar surface area (TPSA) is 38.5 Å². The van der Waals surface area contributed by atoms with Gasteiger partial charge in [0.15, 0.2) is 0 Å². The summed E-state index contributed by atoms with van der Waals surface area (Å²) >= 11 is 0. The molecule has 1 aliphatic rings. The fraction of sp³-hybridized carbons (Fsp3) is 0.600. The van der Waals surface area contributed by atoms with Crippen LogP contribution in [0.15, 0.2) is 24.3 Å². The highest BCUT2D eigenvalue weighted by molar-refractivity contribution is 5.27. The highest BCUT2D eigenvalue weighted by Gasteiger charge is 2.31. The number of likely N-dealkylation sites (tertiary alicyclic amines) is 1. The minimum Gasteiger partial charge on any atom is -0.406 e. The Bertz CT molecular complexity index is 432. The molecule has 1 aromatic rings. The van der Waals surface area contributed by atoms with E-state index in [0.717, 1.165) is 38.0 Å². The van der Waals surface area contributed by atoms with Crippen molar-refractivity contribution < 1.29 is 17.9 Å². The number of piperidine rings is 1. The lowest BCUT2D eigenvalue weighted by molar-refractivity contribution is -0.274. The molecule has 2 rings (SSSR count). The number of nitrogens with two attached hydrogens (primary N) is 1. The van der Waals surface area contributed by atoms with Crippen LogP contribution in [0.25, 0.3) is 0 Å². The standard InChI is InChI=1S/C15H21F3N2O/c16-15(17,18)21-14-5-3-13(4-6-14)11-20-9-1-2-12(10-20)7-8-19/h3-6,12H,1-2,7-11,19H2. The van der Waals surface area contributed by atoms with E-state index in [1.165, 1.54) is 18.6 Å². The SMILES string of the molecule is NCCC1CCCN(Cc2ccc(OC(F)(F)F)cc2)C1. The van der Waals surface area contributed by atoms with Crippen LogP contribution in [0.1, 0.15) is 24.8 Å². The smallest absolute Gasteiger partial charge is 0.406 e. The monoisotopic (exact) mass is 302 g/mol. The van der Waals surface area contributed by atoms with E-state index >= 15 is 0 Å². The van der Waals surface area contributed by atoms with Gasteiger partial charge in [-0.1, -0.05) is 12.1 Å². The van der Waals surface area contributed by atoms with E-state index in [1.807, 2.05) is 0 Å². The van der Waals surface area contributed by atoms with Crippen molar-refractivity contribution in [3.63, 3.8) is 0 Å². The van der Waals surface area contributed by atoms with Gasteiger partial charge in [-0.3, -0.25) is 4.90 Å². The Morgan fingerprint density at radius 3 is 2.57 bits per heavy atom. The van der Waals surface area contributed by atoms with Crippen molar-refractivity contribution in [2.24, 2.45) is 11.7 Å². The van der Waals surface area contributed by atoms with Gasteiger partial charge in [0.25, 0.3) is 0 Å². The van der Waals surface area contributed by atoms with Gasteiger partial charge in [0, 0.05) is 13.1 Å². The van der Waals surface area contributed by atoms with Gasteiger partial charge >= 0.3 is 6.36 Å². The number of rotatable bonds is 5. The molecular weight excluding hydrogens is 281 g/mol. The predicted molar refractivity (Wildman–Crippen MR) is 74.8 cm³/mol. The molecule has 21 heavy (non-hydrogen) atoms. The van der Waals surface area contributed by atoms with E-state index < -0.39 is 6.36 Å². The molecule has 1 aromatic carbocycles. The van der Waals surface area contributed by atoms with Gasteiger partial charge in [0.05, 0.1) is 0 Å². The number of ether oxygens (including phenoxy) is 1. The Balaban J connectivity index is 1.88. The summed E-state index contributed by atoms with van der Waals surface area (Å²) in [6.45, 7) is 3.51. The van der Waals surface area contributed by atoms with Gasteiger partial charge < -0.3 is 10.5 Å². The van der Waals surface area contributed by atoms with Crippen molar-refractivity contribution >= 4 is 0 Å². The first-order valence-electron chi connectivity index (χ1n) is 7.23. The fourth-order valence-electron chi connectivity index (χ4n) is 2.82. The largest absolute Gasteiger partial charge is 0.573 e. The second-order valence-corrected chi connectivity index (χ2v) is 5.51. The number of hydrogen-bond donors (Lipinski definition) is 1. The van der Waals surface area contributed by atoms with Crippen LogP contribution in [-0.4, -0.2) is 30.9 Å². The molecule has 0 saturated carbocycles. The lowest BCUT2D eigenvalue weighted by Gasteiger charge is -2.32. The van der Waals surface area contributed by atoms with Crippen LogP contribution in [0.4, 0.5) is 13.2 Å². The fourth-order valence-corrected chi connectivity index (χ4v) is 2.82. The number of halogens is 3. The van der Waals surface area contributed by atoms with Crippen LogP contribution in [0.5, 0.6) is 5.75 Å². The molecule has 0 aliphatic carbocycles. The second kappa shape index (κ2) is 7.13. The summed E-state index contributed by atoms with van der Waals surface area (Å²) in [7, 11) is 0. The summed E-state index contributed by atoms with van der Waals surface area (Å²) in [6, 6.07) is 6.11. The zero-order valence-electron chi connectivity index (χ0n) is 11.9. The van der Waals surface area contributed by atoms with Crippen molar-refractivity contribution in [2.45, 2.75) is 32.2 Å². The van der Waals surface area contributed by atoms with Crippen molar-refractivity contribution in [1.82, 2.24) is 4.90 Å². The van der Waals surface area contributed by atoms with E-state index in [2.05, 4.69) is 9.64 Å². The van der Waals surface area contributed by atoms with Crippen LogP contribution >= 0.6 is 0 Å². The summed E-state index contributed by atoms with van der Waals surface area (Å²) in [5.74, 6) is 0.461. The van der Waals surface area contributed by atoms with Crippen LogP contribution < -0.4 is 10.5 Å². The minimum absolute atomic E-state index is 0.175. The highest BCUT2D eigenvalue weighted by atomic mass is 19.4. The molecule has 1 fully saturated rings. The Kier molecular flexibility index (Phi) is 5.47. The van der Waals surface area contributed by atoms with Crippen LogP contribution in [0.2, 0.25) is 0 Å². The third kappa shape index (κ3) is 5.55. The summed E-state index contributed by atoms with van der Waals surface area (Å²) < 4.78 is 40.1. The Morgan fingerprint density at radius 1 is 1.24 bits per heavy atom. The Hall–Kier alpha value is -1.27. The minimum atomic E-state index is -4.64. The van der Waals surface area contributed by atoms with Gasteiger partial charge in [-0.2, -0.15) is 0 Å². The van der Waals surface area contributed by atoms with E-state index in [1.54, 1.807) is 12.1 Å². The molecule has 2 N–H and O–H groups in total. The zero-order chi connectivity index (χ0) is 15.3. The van der Waals surface area contributed by atoms with Gasteiger partial charge in [-0.25, -0.2) is 0 Å². The molecule has 0 spiro atoms. The summed E-state index contributed by atoms with van der Waals surface area (Å²) in [5, 5.41) is 0. The normalized spacial score (nSPS) is 20.5.